The Labute approximate surface area is 222 Å². The number of aliphatic hydroxyl groups excluding tert-OH is 1. The van der Waals surface area contributed by atoms with E-state index in [0.29, 0.717) is 36.0 Å². The first-order valence-corrected chi connectivity index (χ1v) is 12.9. The molecule has 1 heterocycles. The maximum atomic E-state index is 12.5. The van der Waals surface area contributed by atoms with Crippen LogP contribution in [0.3, 0.4) is 0 Å². The fourth-order valence-corrected chi connectivity index (χ4v) is 4.63. The van der Waals surface area contributed by atoms with Gasteiger partial charge in [-0.2, -0.15) is 0 Å². The van der Waals surface area contributed by atoms with E-state index in [2.05, 4.69) is 41.6 Å². The highest BCUT2D eigenvalue weighted by atomic mass is 16.3. The summed E-state index contributed by atoms with van der Waals surface area (Å²) in [4.78, 5) is 26.8. The Kier molecular flexibility index (Phi) is 8.61. The smallest absolute Gasteiger partial charge is 0.248 e. The summed E-state index contributed by atoms with van der Waals surface area (Å²) in [6.07, 6.45) is 0.225. The minimum Gasteiger partial charge on any atom is -0.506 e. The van der Waals surface area contributed by atoms with Crippen LogP contribution in [0.15, 0.2) is 71.5 Å². The number of aryl methyl sites for hydroxylation is 2. The van der Waals surface area contributed by atoms with Crippen LogP contribution in [0.2, 0.25) is 0 Å². The molecule has 5 N–H and O–H groups in total. The van der Waals surface area contributed by atoms with Crippen molar-refractivity contribution in [1.82, 2.24) is 15.6 Å². The Morgan fingerprint density at radius 3 is 2.53 bits per heavy atom. The summed E-state index contributed by atoms with van der Waals surface area (Å²) < 4.78 is 0. The fraction of sp³-hybridized carbons (Fsp3) is 0.290. The minimum absolute atomic E-state index is 0.0165. The molecule has 0 aliphatic carbocycles. The van der Waals surface area contributed by atoms with Gasteiger partial charge in [-0.05, 0) is 72.7 Å². The maximum Gasteiger partial charge on any atom is 0.248 e. The zero-order chi connectivity index (χ0) is 27.2. The van der Waals surface area contributed by atoms with E-state index in [0.717, 1.165) is 23.1 Å². The van der Waals surface area contributed by atoms with Gasteiger partial charge < -0.3 is 25.8 Å². The molecule has 7 heteroatoms. The number of pyridine rings is 1. The van der Waals surface area contributed by atoms with Crippen molar-refractivity contribution in [3.05, 3.63) is 110 Å². The Morgan fingerprint density at radius 2 is 1.74 bits per heavy atom. The predicted molar refractivity (Wildman–Crippen MR) is 150 cm³/mol. The van der Waals surface area contributed by atoms with Crippen molar-refractivity contribution in [2.45, 2.75) is 52.3 Å². The molecular formula is C31H35N3O4. The van der Waals surface area contributed by atoms with E-state index in [-0.39, 0.29) is 23.3 Å². The van der Waals surface area contributed by atoms with Crippen LogP contribution in [0.1, 0.15) is 46.4 Å². The van der Waals surface area contributed by atoms with Crippen LogP contribution in [0.5, 0.6) is 5.75 Å². The summed E-state index contributed by atoms with van der Waals surface area (Å²) in [7, 11) is 0. The number of carbonyl (C=O) groups excluding carboxylic acids is 1. The van der Waals surface area contributed by atoms with Crippen molar-refractivity contribution in [3.8, 4) is 5.75 Å². The van der Waals surface area contributed by atoms with Gasteiger partial charge >= 0.3 is 0 Å². The standard InChI is InChI=1S/C31H35N3O4/c1-19-7-8-24(13-20(19)2)17-33-30(38)16-23-6-4-5-22(15-23)14-21(3)32-18-28(36)25-9-11-27(35)31-26(25)10-12-29(37)34-31/h4-13,15,21,28,32,35-36H,14,16-18H2,1-3H3,(H,33,38)(H,34,37)/t21?,28-/m0/s1. The first-order valence-electron chi connectivity index (χ1n) is 12.9. The average Bonchev–Trinajstić information content (AvgIpc) is 2.88. The zero-order valence-electron chi connectivity index (χ0n) is 22.0. The molecule has 0 aliphatic rings. The third-order valence-corrected chi connectivity index (χ3v) is 6.88. The molecule has 7 nitrogen and oxygen atoms in total. The lowest BCUT2D eigenvalue weighted by molar-refractivity contribution is -0.120. The summed E-state index contributed by atoms with van der Waals surface area (Å²) in [5.74, 6) is -0.0501. The molecule has 0 bridgehead atoms. The van der Waals surface area contributed by atoms with Gasteiger partial charge in [-0.1, -0.05) is 48.5 Å². The molecule has 198 valence electrons. The highest BCUT2D eigenvalue weighted by Gasteiger charge is 2.15. The summed E-state index contributed by atoms with van der Waals surface area (Å²) in [5.41, 5.74) is 6.23. The van der Waals surface area contributed by atoms with Gasteiger partial charge in [-0.25, -0.2) is 0 Å². The van der Waals surface area contributed by atoms with Gasteiger partial charge in [0.25, 0.3) is 0 Å². The number of H-pyrrole nitrogens is 1. The SMILES string of the molecule is Cc1ccc(CNC(=O)Cc2cccc(CC(C)NC[C@H](O)c3ccc(O)c4[nH]c(=O)ccc34)c2)cc1C. The van der Waals surface area contributed by atoms with Crippen LogP contribution in [-0.4, -0.2) is 33.7 Å². The van der Waals surface area contributed by atoms with E-state index in [1.54, 1.807) is 12.1 Å². The Balaban J connectivity index is 1.30. The Hall–Kier alpha value is -3.94. The van der Waals surface area contributed by atoms with Gasteiger partial charge in [-0.15, -0.1) is 0 Å². The van der Waals surface area contributed by atoms with E-state index in [1.165, 1.54) is 23.3 Å². The van der Waals surface area contributed by atoms with Crippen molar-refractivity contribution in [1.29, 1.82) is 0 Å². The van der Waals surface area contributed by atoms with Crippen LogP contribution in [0.4, 0.5) is 0 Å². The van der Waals surface area contributed by atoms with E-state index in [9.17, 15) is 19.8 Å². The Morgan fingerprint density at radius 1 is 0.947 bits per heavy atom. The van der Waals surface area contributed by atoms with Crippen LogP contribution in [-0.2, 0) is 24.2 Å². The maximum absolute atomic E-state index is 12.5. The lowest BCUT2D eigenvalue weighted by Crippen LogP contribution is -2.32. The molecule has 3 aromatic carbocycles. The average molecular weight is 514 g/mol. The van der Waals surface area contributed by atoms with Gasteiger partial charge in [0, 0.05) is 30.6 Å². The number of hydrogen-bond donors (Lipinski definition) is 5. The zero-order valence-corrected chi connectivity index (χ0v) is 22.0. The van der Waals surface area contributed by atoms with E-state index in [1.807, 2.05) is 37.3 Å². The van der Waals surface area contributed by atoms with E-state index < -0.39 is 6.10 Å². The number of phenols is 1. The molecule has 4 aromatic rings. The van der Waals surface area contributed by atoms with Crippen molar-refractivity contribution in [2.24, 2.45) is 0 Å². The number of hydrogen-bond acceptors (Lipinski definition) is 5. The van der Waals surface area contributed by atoms with Crippen molar-refractivity contribution >= 4 is 16.8 Å². The number of aliphatic hydroxyl groups is 1. The third-order valence-electron chi connectivity index (χ3n) is 6.88. The second-order valence-corrected chi connectivity index (χ2v) is 10.0. The molecule has 1 unspecified atom stereocenters. The second kappa shape index (κ2) is 12.1. The lowest BCUT2D eigenvalue weighted by Gasteiger charge is -2.19. The molecule has 0 aliphatic heterocycles. The van der Waals surface area contributed by atoms with Gasteiger partial charge in [0.1, 0.15) is 5.75 Å². The minimum atomic E-state index is -0.821. The highest BCUT2D eigenvalue weighted by Crippen LogP contribution is 2.28. The number of rotatable bonds is 10. The third kappa shape index (κ3) is 6.88. The van der Waals surface area contributed by atoms with Gasteiger partial charge in [0.2, 0.25) is 11.5 Å². The quantitative estimate of drug-likeness (QED) is 0.220. The van der Waals surface area contributed by atoms with Crippen LogP contribution < -0.4 is 16.2 Å². The second-order valence-electron chi connectivity index (χ2n) is 10.0. The number of aromatic hydroxyl groups is 1. The molecule has 0 fully saturated rings. The molecule has 0 saturated heterocycles. The van der Waals surface area contributed by atoms with Crippen LogP contribution >= 0.6 is 0 Å². The van der Waals surface area contributed by atoms with Crippen molar-refractivity contribution < 1.29 is 15.0 Å². The first kappa shape index (κ1) is 27.1. The molecule has 0 radical (unpaired) electrons. The topological polar surface area (TPSA) is 114 Å². The van der Waals surface area contributed by atoms with Gasteiger partial charge in [0.05, 0.1) is 18.0 Å². The summed E-state index contributed by atoms with van der Waals surface area (Å²) in [5, 5.41) is 27.9. The number of carbonyl (C=O) groups is 1. The van der Waals surface area contributed by atoms with Gasteiger partial charge in [-0.3, -0.25) is 9.59 Å². The molecule has 38 heavy (non-hydrogen) atoms. The molecular weight excluding hydrogens is 478 g/mol. The number of benzene rings is 3. The summed E-state index contributed by atoms with van der Waals surface area (Å²) in [6, 6.07) is 20.4. The number of fused-ring (bicyclic) bond motifs is 1. The summed E-state index contributed by atoms with van der Waals surface area (Å²) in [6.45, 7) is 7.00. The number of phenolic OH excluding ortho intramolecular Hbond substituents is 1. The van der Waals surface area contributed by atoms with Crippen LogP contribution in [0, 0.1) is 13.8 Å². The monoisotopic (exact) mass is 513 g/mol. The van der Waals surface area contributed by atoms with E-state index in [4.69, 9.17) is 0 Å². The molecule has 1 amide bonds. The molecule has 0 spiro atoms. The van der Waals surface area contributed by atoms with Crippen LogP contribution in [0.25, 0.3) is 10.9 Å². The van der Waals surface area contributed by atoms with E-state index >= 15 is 0 Å². The Bertz CT molecular complexity index is 1490. The van der Waals surface area contributed by atoms with Crippen molar-refractivity contribution in [2.75, 3.05) is 6.54 Å². The summed E-state index contributed by atoms with van der Waals surface area (Å²) >= 11 is 0. The predicted octanol–water partition coefficient (Wildman–Crippen LogP) is 3.96. The first-order chi connectivity index (χ1) is 18.2. The number of nitrogens with one attached hydrogen (secondary N) is 3. The van der Waals surface area contributed by atoms with Gasteiger partial charge in [0.15, 0.2) is 0 Å². The normalized spacial score (nSPS) is 12.8. The highest BCUT2D eigenvalue weighted by molar-refractivity contribution is 5.87. The number of amides is 1. The lowest BCUT2D eigenvalue weighted by atomic mass is 10.0. The molecule has 0 saturated carbocycles. The number of aromatic amines is 1. The number of aromatic nitrogens is 1. The molecule has 1 aromatic heterocycles. The van der Waals surface area contributed by atoms with Crippen molar-refractivity contribution in [3.63, 3.8) is 0 Å². The molecule has 2 atom stereocenters. The fourth-order valence-electron chi connectivity index (χ4n) is 4.63. The molecule has 4 rings (SSSR count). The largest absolute Gasteiger partial charge is 0.506 e.